The summed E-state index contributed by atoms with van der Waals surface area (Å²) >= 11 is 0. The first-order valence-corrected chi connectivity index (χ1v) is 9.76. The first-order valence-electron chi connectivity index (χ1n) is 9.76. The highest BCUT2D eigenvalue weighted by Gasteiger charge is 2.76. The SMILES string of the molecule is CC1C[C@H]2[C@@H]3CC(F)C4=CC(=O)C=C[C@]4(C)C3(F)C(O)C[C@]2(C)C1(O)C(=O)O. The summed E-state index contributed by atoms with van der Waals surface area (Å²) in [6, 6.07) is 0. The Morgan fingerprint density at radius 3 is 2.50 bits per heavy atom. The van der Waals surface area contributed by atoms with Gasteiger partial charge in [0.1, 0.15) is 6.17 Å². The number of fused-ring (bicyclic) bond motifs is 5. The van der Waals surface area contributed by atoms with Crippen molar-refractivity contribution in [2.75, 3.05) is 0 Å². The Labute approximate surface area is 162 Å². The third-order valence-corrected chi connectivity index (χ3v) is 8.54. The maximum absolute atomic E-state index is 16.8. The van der Waals surface area contributed by atoms with Crippen LogP contribution in [0.3, 0.4) is 0 Å². The molecular weight excluding hydrogens is 370 g/mol. The second kappa shape index (κ2) is 5.51. The van der Waals surface area contributed by atoms with Crippen molar-refractivity contribution in [3.63, 3.8) is 0 Å². The molecule has 5 nitrogen and oxygen atoms in total. The number of hydrogen-bond acceptors (Lipinski definition) is 4. The van der Waals surface area contributed by atoms with Gasteiger partial charge in [-0.3, -0.25) is 4.79 Å². The lowest BCUT2D eigenvalue weighted by Gasteiger charge is -2.62. The van der Waals surface area contributed by atoms with Crippen LogP contribution in [0.25, 0.3) is 0 Å². The fourth-order valence-electron chi connectivity index (χ4n) is 7.00. The Morgan fingerprint density at radius 1 is 1.25 bits per heavy atom. The predicted molar refractivity (Wildman–Crippen MR) is 95.8 cm³/mol. The van der Waals surface area contributed by atoms with Gasteiger partial charge >= 0.3 is 5.97 Å². The van der Waals surface area contributed by atoms with Crippen LogP contribution >= 0.6 is 0 Å². The maximum atomic E-state index is 16.8. The van der Waals surface area contributed by atoms with Crippen LogP contribution in [0, 0.1) is 28.6 Å². The molecule has 0 aromatic carbocycles. The van der Waals surface area contributed by atoms with Crippen molar-refractivity contribution in [2.24, 2.45) is 28.6 Å². The number of hydrogen-bond donors (Lipinski definition) is 3. The number of aliphatic hydroxyl groups excluding tert-OH is 1. The minimum atomic E-state index is -2.26. The highest BCUT2D eigenvalue weighted by molar-refractivity contribution is 6.01. The number of allylic oxidation sites excluding steroid dienone is 4. The van der Waals surface area contributed by atoms with E-state index >= 15 is 8.78 Å². The summed E-state index contributed by atoms with van der Waals surface area (Å²) in [6.07, 6.45) is 0.214. The van der Waals surface area contributed by atoms with Crippen LogP contribution in [0.2, 0.25) is 0 Å². The number of halogens is 2. The van der Waals surface area contributed by atoms with Crippen LogP contribution in [-0.4, -0.2) is 50.6 Å². The normalized spacial score (nSPS) is 55.2. The smallest absolute Gasteiger partial charge is 0.336 e. The van der Waals surface area contributed by atoms with Crippen molar-refractivity contribution < 1.29 is 33.7 Å². The van der Waals surface area contributed by atoms with Gasteiger partial charge in [-0.15, -0.1) is 0 Å². The number of aliphatic carboxylic acids is 1. The number of carboxylic acids is 1. The molecule has 3 N–H and O–H groups in total. The molecule has 0 spiro atoms. The molecule has 0 radical (unpaired) electrons. The second-order valence-corrected chi connectivity index (χ2v) is 9.57. The van der Waals surface area contributed by atoms with Crippen LogP contribution < -0.4 is 0 Å². The van der Waals surface area contributed by atoms with E-state index in [-0.39, 0.29) is 24.8 Å². The van der Waals surface area contributed by atoms with Gasteiger partial charge in [0, 0.05) is 16.7 Å². The van der Waals surface area contributed by atoms with Crippen molar-refractivity contribution in [1.82, 2.24) is 0 Å². The summed E-state index contributed by atoms with van der Waals surface area (Å²) in [5.41, 5.74) is -7.14. The van der Waals surface area contributed by atoms with Crippen LogP contribution in [0.15, 0.2) is 23.8 Å². The first-order chi connectivity index (χ1) is 12.8. The number of aliphatic hydroxyl groups is 2. The van der Waals surface area contributed by atoms with Gasteiger partial charge in [-0.25, -0.2) is 13.6 Å². The summed E-state index contributed by atoms with van der Waals surface area (Å²) in [5.74, 6) is -4.07. The van der Waals surface area contributed by atoms with Gasteiger partial charge < -0.3 is 15.3 Å². The van der Waals surface area contributed by atoms with Crippen molar-refractivity contribution in [1.29, 1.82) is 0 Å². The van der Waals surface area contributed by atoms with Gasteiger partial charge in [0.25, 0.3) is 0 Å². The lowest BCUT2D eigenvalue weighted by molar-refractivity contribution is -0.229. The van der Waals surface area contributed by atoms with Crippen molar-refractivity contribution in [3.8, 4) is 0 Å². The molecule has 0 aromatic heterocycles. The maximum Gasteiger partial charge on any atom is 0.336 e. The van der Waals surface area contributed by atoms with Crippen LogP contribution in [0.4, 0.5) is 8.78 Å². The minimum absolute atomic E-state index is 0.0287. The molecule has 0 heterocycles. The van der Waals surface area contributed by atoms with Gasteiger partial charge in [-0.05, 0) is 55.7 Å². The molecular formula is C21H26F2O5. The third kappa shape index (κ3) is 1.92. The summed E-state index contributed by atoms with van der Waals surface area (Å²) in [4.78, 5) is 23.7. The molecule has 0 bridgehead atoms. The van der Waals surface area contributed by atoms with Gasteiger partial charge in [-0.2, -0.15) is 0 Å². The summed E-state index contributed by atoms with van der Waals surface area (Å²) < 4.78 is 31.9. The monoisotopic (exact) mass is 396 g/mol. The summed E-state index contributed by atoms with van der Waals surface area (Å²) in [7, 11) is 0. The van der Waals surface area contributed by atoms with E-state index in [2.05, 4.69) is 0 Å². The topological polar surface area (TPSA) is 94.8 Å². The third-order valence-electron chi connectivity index (χ3n) is 8.54. The Kier molecular flexibility index (Phi) is 3.88. The first kappa shape index (κ1) is 19.7. The minimum Gasteiger partial charge on any atom is -0.479 e. The summed E-state index contributed by atoms with van der Waals surface area (Å²) in [5, 5.41) is 31.8. The lowest BCUT2D eigenvalue weighted by Crippen LogP contribution is -2.70. The van der Waals surface area contributed by atoms with Crippen molar-refractivity contribution in [3.05, 3.63) is 23.8 Å². The van der Waals surface area contributed by atoms with E-state index in [1.54, 1.807) is 13.8 Å². The zero-order chi connectivity index (χ0) is 20.9. The molecule has 4 rings (SSSR count). The average Bonchev–Trinajstić information content (AvgIpc) is 2.81. The van der Waals surface area contributed by atoms with E-state index in [1.165, 1.54) is 19.1 Å². The molecule has 0 saturated heterocycles. The number of carbonyl (C=O) groups excluding carboxylic acids is 1. The van der Waals surface area contributed by atoms with Crippen LogP contribution in [-0.2, 0) is 9.59 Å². The lowest BCUT2D eigenvalue weighted by atomic mass is 9.44. The molecule has 28 heavy (non-hydrogen) atoms. The van der Waals surface area contributed by atoms with E-state index in [1.807, 2.05) is 0 Å². The molecule has 4 aliphatic carbocycles. The number of ketones is 1. The molecule has 3 fully saturated rings. The second-order valence-electron chi connectivity index (χ2n) is 9.57. The van der Waals surface area contributed by atoms with E-state index in [4.69, 9.17) is 0 Å². The van der Waals surface area contributed by atoms with Crippen LogP contribution in [0.1, 0.15) is 40.0 Å². The number of alkyl halides is 2. The summed E-state index contributed by atoms with van der Waals surface area (Å²) in [6.45, 7) is 4.67. The van der Waals surface area contributed by atoms with Gasteiger partial charge in [0.15, 0.2) is 17.1 Å². The van der Waals surface area contributed by atoms with E-state index in [0.29, 0.717) is 0 Å². The van der Waals surface area contributed by atoms with Gasteiger partial charge in [-0.1, -0.05) is 19.9 Å². The standard InChI is InChI=1S/C21H26F2O5/c1-10-6-12-13-8-15(22)14-7-11(24)4-5-18(14,2)20(13,23)16(25)9-19(12,3)21(10,28)17(26)27/h4-5,7,10,12-13,15-16,25,28H,6,8-9H2,1-3H3,(H,26,27)/t10?,12-,13-,15?,16?,18-,19-,20?,21?/m0/s1. The molecule has 5 unspecified atom stereocenters. The molecule has 3 saturated carbocycles. The average molecular weight is 396 g/mol. The molecule has 154 valence electrons. The molecule has 0 aromatic rings. The van der Waals surface area contributed by atoms with E-state index < -0.39 is 63.9 Å². The van der Waals surface area contributed by atoms with Gasteiger partial charge in [0.05, 0.1) is 6.10 Å². The largest absolute Gasteiger partial charge is 0.479 e. The molecule has 7 heteroatoms. The van der Waals surface area contributed by atoms with Crippen molar-refractivity contribution >= 4 is 11.8 Å². The highest BCUT2D eigenvalue weighted by Crippen LogP contribution is 2.70. The zero-order valence-corrected chi connectivity index (χ0v) is 16.2. The Bertz CT molecular complexity index is 824. The van der Waals surface area contributed by atoms with E-state index in [9.17, 15) is 24.9 Å². The van der Waals surface area contributed by atoms with E-state index in [0.717, 1.165) is 6.08 Å². The Balaban J connectivity index is 1.88. The fraction of sp³-hybridized carbons (Fsp3) is 0.714. The molecule has 0 aliphatic heterocycles. The Hall–Kier alpha value is -1.60. The van der Waals surface area contributed by atoms with Crippen molar-refractivity contribution in [2.45, 2.75) is 63.6 Å². The number of carboxylic acid groups (broad SMARTS) is 1. The molecule has 9 atom stereocenters. The molecule has 4 aliphatic rings. The Morgan fingerprint density at radius 2 is 1.89 bits per heavy atom. The predicted octanol–water partition coefficient (Wildman–Crippen LogP) is 2.37. The highest BCUT2D eigenvalue weighted by atomic mass is 19.1. The molecule has 0 amide bonds. The quantitative estimate of drug-likeness (QED) is 0.633. The fourth-order valence-corrected chi connectivity index (χ4v) is 7.00. The number of carbonyl (C=O) groups is 2. The van der Waals surface area contributed by atoms with Crippen LogP contribution in [0.5, 0.6) is 0 Å². The number of rotatable bonds is 1. The zero-order valence-electron chi connectivity index (χ0n) is 16.2. The van der Waals surface area contributed by atoms with Gasteiger partial charge in [0.2, 0.25) is 0 Å².